The van der Waals surface area contributed by atoms with Gasteiger partial charge in [-0.2, -0.15) is 14.9 Å². The number of nitriles is 2. The molecule has 1 heterocycles. The molecular weight excluding hydrogens is 354 g/mol. The van der Waals surface area contributed by atoms with Crippen molar-refractivity contribution in [2.24, 2.45) is 0 Å². The number of ketones is 1. The summed E-state index contributed by atoms with van der Waals surface area (Å²) in [6, 6.07) is 4.66. The maximum atomic E-state index is 13.1. The van der Waals surface area contributed by atoms with Crippen molar-refractivity contribution >= 4 is 45.3 Å². The number of Topliss-reactive ketones (excluding diaryl/α,β-unsaturated/α-hetero) is 1. The van der Waals surface area contributed by atoms with Crippen molar-refractivity contribution in [2.45, 2.75) is 0 Å². The second kappa shape index (κ2) is 4.40. The molecule has 17 heavy (non-hydrogen) atoms. The molecule has 1 aliphatic rings. The fraction of sp³-hybridized carbons (Fsp3) is 0. The summed E-state index contributed by atoms with van der Waals surface area (Å²) in [5.41, 5.74) is 0.700. The van der Waals surface area contributed by atoms with Gasteiger partial charge in [0, 0.05) is 16.7 Å². The summed E-state index contributed by atoms with van der Waals surface area (Å²) >= 11 is 2.60. The number of hydrogen-bond acceptors (Lipinski definition) is 4. The third-order valence-electron chi connectivity index (χ3n) is 2.27. The SMILES string of the molecule is N#CC(C#N)=C1/C(=C/I)C(=O)c2sc(F)cc21. The van der Waals surface area contributed by atoms with Crippen LogP contribution < -0.4 is 0 Å². The highest BCUT2D eigenvalue weighted by Crippen LogP contribution is 2.43. The van der Waals surface area contributed by atoms with E-state index in [-0.39, 0.29) is 27.4 Å². The molecule has 0 aliphatic heterocycles. The Labute approximate surface area is 114 Å². The van der Waals surface area contributed by atoms with Gasteiger partial charge in [-0.3, -0.25) is 4.79 Å². The third kappa shape index (κ3) is 1.70. The van der Waals surface area contributed by atoms with Crippen LogP contribution >= 0.6 is 33.9 Å². The van der Waals surface area contributed by atoms with Crippen molar-refractivity contribution in [3.05, 3.63) is 36.9 Å². The maximum absolute atomic E-state index is 13.1. The van der Waals surface area contributed by atoms with E-state index < -0.39 is 5.13 Å². The molecule has 0 N–H and O–H groups in total. The standard InChI is InChI=1S/C11H2FIN2OS/c12-8-1-6-9(5(3-14)4-15)7(2-13)10(16)11(6)17-8/h1-2H/b7-2-. The number of nitrogens with zero attached hydrogens (tertiary/aromatic N) is 2. The first kappa shape index (κ1) is 12.0. The molecule has 0 fully saturated rings. The molecule has 82 valence electrons. The van der Waals surface area contributed by atoms with E-state index >= 15 is 0 Å². The summed E-state index contributed by atoms with van der Waals surface area (Å²) in [5, 5.41) is 17.2. The molecule has 0 unspecified atom stereocenters. The minimum absolute atomic E-state index is 0.169. The van der Waals surface area contributed by atoms with Crippen LogP contribution in [0.1, 0.15) is 15.2 Å². The minimum atomic E-state index is -0.497. The smallest absolute Gasteiger partial charge is 0.204 e. The van der Waals surface area contributed by atoms with Crippen LogP contribution in [0.3, 0.4) is 0 Å². The zero-order chi connectivity index (χ0) is 12.6. The number of rotatable bonds is 0. The molecule has 0 spiro atoms. The molecule has 0 aromatic carbocycles. The Morgan fingerprint density at radius 3 is 2.65 bits per heavy atom. The summed E-state index contributed by atoms with van der Waals surface area (Å²) in [5.74, 6) is -0.332. The van der Waals surface area contributed by atoms with Gasteiger partial charge in [-0.1, -0.05) is 22.6 Å². The van der Waals surface area contributed by atoms with Crippen molar-refractivity contribution in [1.29, 1.82) is 10.5 Å². The van der Waals surface area contributed by atoms with E-state index in [1.807, 2.05) is 22.6 Å². The van der Waals surface area contributed by atoms with Crippen LogP contribution in [0.2, 0.25) is 0 Å². The van der Waals surface area contributed by atoms with Gasteiger partial charge in [0.05, 0.1) is 4.88 Å². The van der Waals surface area contributed by atoms with E-state index in [9.17, 15) is 9.18 Å². The van der Waals surface area contributed by atoms with Crippen LogP contribution in [-0.4, -0.2) is 5.78 Å². The van der Waals surface area contributed by atoms with Crippen molar-refractivity contribution in [3.8, 4) is 12.1 Å². The molecule has 0 radical (unpaired) electrons. The van der Waals surface area contributed by atoms with Crippen LogP contribution in [0.25, 0.3) is 5.57 Å². The lowest BCUT2D eigenvalue weighted by molar-refractivity contribution is 0.104. The quantitative estimate of drug-likeness (QED) is 0.407. The fourth-order valence-electron chi connectivity index (χ4n) is 1.61. The largest absolute Gasteiger partial charge is 0.288 e. The Morgan fingerprint density at radius 2 is 2.12 bits per heavy atom. The predicted octanol–water partition coefficient (Wildman–Crippen LogP) is 3.20. The van der Waals surface area contributed by atoms with Crippen LogP contribution in [0, 0.1) is 27.8 Å². The Balaban J connectivity index is 2.84. The highest BCUT2D eigenvalue weighted by Gasteiger charge is 2.34. The first-order valence-electron chi connectivity index (χ1n) is 4.33. The Kier molecular flexibility index (Phi) is 3.09. The number of fused-ring (bicyclic) bond motifs is 1. The van der Waals surface area contributed by atoms with Crippen LogP contribution in [0.5, 0.6) is 0 Å². The van der Waals surface area contributed by atoms with E-state index in [2.05, 4.69) is 0 Å². The van der Waals surface area contributed by atoms with Gasteiger partial charge in [0.1, 0.15) is 17.7 Å². The highest BCUT2D eigenvalue weighted by atomic mass is 127. The molecule has 6 heteroatoms. The molecule has 0 saturated carbocycles. The topological polar surface area (TPSA) is 64.7 Å². The van der Waals surface area contributed by atoms with Crippen LogP contribution in [0.4, 0.5) is 4.39 Å². The van der Waals surface area contributed by atoms with Crippen molar-refractivity contribution < 1.29 is 9.18 Å². The molecule has 3 nitrogen and oxygen atoms in total. The average Bonchev–Trinajstić information content (AvgIpc) is 2.80. The molecule has 2 rings (SSSR count). The maximum Gasteiger partial charge on any atom is 0.204 e. The van der Waals surface area contributed by atoms with E-state index in [0.717, 1.165) is 11.3 Å². The van der Waals surface area contributed by atoms with Gasteiger partial charge in [0.2, 0.25) is 5.78 Å². The molecule has 1 aromatic rings. The van der Waals surface area contributed by atoms with Gasteiger partial charge in [-0.15, -0.1) is 11.3 Å². The lowest BCUT2D eigenvalue weighted by Crippen LogP contribution is -1.94. The average molecular weight is 356 g/mol. The van der Waals surface area contributed by atoms with Crippen molar-refractivity contribution in [2.75, 3.05) is 0 Å². The molecule has 0 bridgehead atoms. The van der Waals surface area contributed by atoms with Crippen LogP contribution in [-0.2, 0) is 0 Å². The normalized spacial score (nSPS) is 15.6. The Morgan fingerprint density at radius 1 is 1.47 bits per heavy atom. The molecule has 0 atom stereocenters. The van der Waals surface area contributed by atoms with Gasteiger partial charge in [0.15, 0.2) is 5.13 Å². The summed E-state index contributed by atoms with van der Waals surface area (Å²) in [7, 11) is 0. The second-order valence-electron chi connectivity index (χ2n) is 3.12. The zero-order valence-corrected chi connectivity index (χ0v) is 11.1. The summed E-state index contributed by atoms with van der Waals surface area (Å²) in [6.07, 6.45) is 0. The summed E-state index contributed by atoms with van der Waals surface area (Å²) in [4.78, 5) is 12.2. The Bertz CT molecular complexity index is 657. The molecule has 1 aliphatic carbocycles. The number of carbonyl (C=O) groups is 1. The number of thiophene rings is 1. The number of halogens is 2. The predicted molar refractivity (Wildman–Crippen MR) is 68.9 cm³/mol. The fourth-order valence-corrected chi connectivity index (χ4v) is 3.05. The summed E-state index contributed by atoms with van der Waals surface area (Å²) < 4.78 is 14.6. The Hall–Kier alpha value is -1.51. The minimum Gasteiger partial charge on any atom is -0.288 e. The van der Waals surface area contributed by atoms with Crippen molar-refractivity contribution in [3.63, 3.8) is 0 Å². The first-order valence-corrected chi connectivity index (χ1v) is 6.39. The first-order chi connectivity index (χ1) is 8.13. The zero-order valence-electron chi connectivity index (χ0n) is 8.12. The second-order valence-corrected chi connectivity index (χ2v) is 4.74. The van der Waals surface area contributed by atoms with Crippen LogP contribution in [0.15, 0.2) is 21.3 Å². The monoisotopic (exact) mass is 356 g/mol. The van der Waals surface area contributed by atoms with Crippen molar-refractivity contribution in [1.82, 2.24) is 0 Å². The molecule has 0 amide bonds. The van der Waals surface area contributed by atoms with Gasteiger partial charge in [-0.05, 0) is 10.1 Å². The molecule has 1 aromatic heterocycles. The highest BCUT2D eigenvalue weighted by molar-refractivity contribution is 14.1. The lowest BCUT2D eigenvalue weighted by Gasteiger charge is -1.98. The van der Waals surface area contributed by atoms with Gasteiger partial charge in [0.25, 0.3) is 0 Å². The summed E-state index contributed by atoms with van der Waals surface area (Å²) in [6.45, 7) is 0. The van der Waals surface area contributed by atoms with Gasteiger partial charge >= 0.3 is 0 Å². The number of carbonyl (C=O) groups excluding carboxylic acids is 1. The van der Waals surface area contributed by atoms with E-state index in [1.54, 1.807) is 12.1 Å². The lowest BCUT2D eigenvalue weighted by atomic mass is 10.0. The van der Waals surface area contributed by atoms with Gasteiger partial charge in [-0.25, -0.2) is 0 Å². The third-order valence-corrected chi connectivity index (χ3v) is 3.82. The van der Waals surface area contributed by atoms with E-state index in [0.29, 0.717) is 5.56 Å². The van der Waals surface area contributed by atoms with E-state index in [1.165, 1.54) is 10.1 Å². The number of hydrogen-bond donors (Lipinski definition) is 0. The van der Waals surface area contributed by atoms with Gasteiger partial charge < -0.3 is 0 Å². The molecule has 0 saturated heterocycles. The molecular formula is C11H2FIN2OS. The number of allylic oxidation sites excluding steroid dienone is 3. The van der Waals surface area contributed by atoms with E-state index in [4.69, 9.17) is 10.5 Å².